The number of nitrogens with zero attached hydrogens (tertiary/aromatic N) is 3. The Labute approximate surface area is 148 Å². The molecule has 0 aliphatic heterocycles. The van der Waals surface area contributed by atoms with Gasteiger partial charge >= 0.3 is 0 Å². The maximum atomic E-state index is 13.4. The second-order valence-electron chi connectivity index (χ2n) is 5.67. The molecule has 0 aliphatic rings. The Balaban J connectivity index is 1.60. The van der Waals surface area contributed by atoms with E-state index in [-0.39, 0.29) is 11.7 Å². The molecule has 3 aromatic heterocycles. The van der Waals surface area contributed by atoms with Crippen LogP contribution in [0.2, 0.25) is 0 Å². The standard InChI is InChI=1S/C20H13FN4O/c21-17-5-1-3-14(10-17)15-9-16(12-22-11-15)20(26)25-18-7-6-13-4-2-8-23-19(13)24-18/h1-12H,(H,23,24,25,26). The lowest BCUT2D eigenvalue weighted by Crippen LogP contribution is -2.13. The number of hydrogen-bond acceptors (Lipinski definition) is 4. The van der Waals surface area contributed by atoms with Crippen LogP contribution in [-0.4, -0.2) is 20.9 Å². The van der Waals surface area contributed by atoms with Gasteiger partial charge in [0, 0.05) is 29.5 Å². The number of fused-ring (bicyclic) bond motifs is 1. The number of carbonyl (C=O) groups excluding carboxylic acids is 1. The number of rotatable bonds is 3. The summed E-state index contributed by atoms with van der Waals surface area (Å²) in [6.45, 7) is 0. The number of nitrogens with one attached hydrogen (secondary N) is 1. The average Bonchev–Trinajstić information content (AvgIpc) is 2.68. The largest absolute Gasteiger partial charge is 0.306 e. The lowest BCUT2D eigenvalue weighted by atomic mass is 10.1. The zero-order chi connectivity index (χ0) is 17.9. The van der Waals surface area contributed by atoms with E-state index in [9.17, 15) is 9.18 Å². The van der Waals surface area contributed by atoms with Crippen LogP contribution < -0.4 is 5.32 Å². The summed E-state index contributed by atoms with van der Waals surface area (Å²) in [5, 5.41) is 3.63. The molecule has 1 aromatic carbocycles. The number of aromatic nitrogens is 3. The van der Waals surface area contributed by atoms with E-state index in [0.717, 1.165) is 5.39 Å². The monoisotopic (exact) mass is 344 g/mol. The quantitative estimate of drug-likeness (QED) is 0.608. The van der Waals surface area contributed by atoms with Gasteiger partial charge in [-0.15, -0.1) is 0 Å². The Morgan fingerprint density at radius 2 is 1.88 bits per heavy atom. The molecular weight excluding hydrogens is 331 g/mol. The maximum absolute atomic E-state index is 13.4. The minimum absolute atomic E-state index is 0.342. The maximum Gasteiger partial charge on any atom is 0.258 e. The van der Waals surface area contributed by atoms with E-state index < -0.39 is 0 Å². The SMILES string of the molecule is O=C(Nc1ccc2cccnc2n1)c1cncc(-c2cccc(F)c2)c1. The van der Waals surface area contributed by atoms with Crippen LogP contribution in [-0.2, 0) is 0 Å². The van der Waals surface area contributed by atoms with Crippen molar-refractivity contribution in [2.24, 2.45) is 0 Å². The number of pyridine rings is 3. The van der Waals surface area contributed by atoms with Crippen molar-refractivity contribution in [1.29, 1.82) is 0 Å². The molecule has 0 radical (unpaired) electrons. The molecule has 6 heteroatoms. The van der Waals surface area contributed by atoms with Gasteiger partial charge in [-0.25, -0.2) is 14.4 Å². The Kier molecular flexibility index (Phi) is 4.07. The van der Waals surface area contributed by atoms with E-state index >= 15 is 0 Å². The molecule has 0 saturated heterocycles. The Hall–Kier alpha value is -3.67. The lowest BCUT2D eigenvalue weighted by molar-refractivity contribution is 0.102. The van der Waals surface area contributed by atoms with E-state index in [2.05, 4.69) is 20.3 Å². The molecule has 4 aromatic rings. The minimum Gasteiger partial charge on any atom is -0.306 e. The zero-order valence-corrected chi connectivity index (χ0v) is 13.6. The molecule has 3 heterocycles. The fraction of sp³-hybridized carbons (Fsp3) is 0. The second kappa shape index (κ2) is 6.68. The molecule has 0 unspecified atom stereocenters. The third-order valence-electron chi connectivity index (χ3n) is 3.86. The van der Waals surface area contributed by atoms with Crippen LogP contribution >= 0.6 is 0 Å². The molecule has 0 saturated carbocycles. The van der Waals surface area contributed by atoms with Crippen LogP contribution in [0.3, 0.4) is 0 Å². The van der Waals surface area contributed by atoms with E-state index in [1.165, 1.54) is 18.3 Å². The average molecular weight is 344 g/mol. The highest BCUT2D eigenvalue weighted by Gasteiger charge is 2.10. The number of anilines is 1. The third kappa shape index (κ3) is 3.25. The van der Waals surface area contributed by atoms with E-state index in [1.54, 1.807) is 36.7 Å². The molecule has 1 N–H and O–H groups in total. The predicted molar refractivity (Wildman–Crippen MR) is 97.1 cm³/mol. The normalized spacial score (nSPS) is 10.7. The molecule has 0 atom stereocenters. The van der Waals surface area contributed by atoms with Gasteiger partial charge in [-0.05, 0) is 48.0 Å². The molecule has 0 bridgehead atoms. The number of hydrogen-bond donors (Lipinski definition) is 1. The fourth-order valence-corrected chi connectivity index (χ4v) is 2.60. The van der Waals surface area contributed by atoms with E-state index in [0.29, 0.717) is 28.2 Å². The van der Waals surface area contributed by atoms with Gasteiger partial charge in [-0.2, -0.15) is 0 Å². The van der Waals surface area contributed by atoms with Crippen molar-refractivity contribution in [3.05, 3.63) is 84.6 Å². The Morgan fingerprint density at radius 1 is 0.962 bits per heavy atom. The summed E-state index contributed by atoms with van der Waals surface area (Å²) in [7, 11) is 0. The number of halogens is 1. The van der Waals surface area contributed by atoms with Crippen molar-refractivity contribution in [2.75, 3.05) is 5.32 Å². The summed E-state index contributed by atoms with van der Waals surface area (Å²) < 4.78 is 13.4. The van der Waals surface area contributed by atoms with Crippen LogP contribution in [0.1, 0.15) is 10.4 Å². The Morgan fingerprint density at radius 3 is 2.77 bits per heavy atom. The number of amides is 1. The van der Waals surface area contributed by atoms with Crippen LogP contribution in [0.5, 0.6) is 0 Å². The van der Waals surface area contributed by atoms with Gasteiger partial charge in [0.25, 0.3) is 5.91 Å². The first kappa shape index (κ1) is 15.8. The first-order valence-corrected chi connectivity index (χ1v) is 7.93. The summed E-state index contributed by atoms with van der Waals surface area (Å²) in [6, 6.07) is 15.1. The van der Waals surface area contributed by atoms with Crippen molar-refractivity contribution in [1.82, 2.24) is 15.0 Å². The number of benzene rings is 1. The molecular formula is C20H13FN4O. The van der Waals surface area contributed by atoms with Crippen molar-refractivity contribution >= 4 is 22.8 Å². The van der Waals surface area contributed by atoms with Gasteiger partial charge in [-0.3, -0.25) is 9.78 Å². The zero-order valence-electron chi connectivity index (χ0n) is 13.6. The minimum atomic E-state index is -0.349. The summed E-state index contributed by atoms with van der Waals surface area (Å²) in [6.07, 6.45) is 4.69. The summed E-state index contributed by atoms with van der Waals surface area (Å²) >= 11 is 0. The highest BCUT2D eigenvalue weighted by atomic mass is 19.1. The second-order valence-corrected chi connectivity index (χ2v) is 5.67. The molecule has 1 amide bonds. The highest BCUT2D eigenvalue weighted by Crippen LogP contribution is 2.21. The summed E-state index contributed by atoms with van der Waals surface area (Å²) in [5.41, 5.74) is 2.22. The van der Waals surface area contributed by atoms with Crippen LogP contribution in [0, 0.1) is 5.82 Å². The van der Waals surface area contributed by atoms with Gasteiger partial charge in [0.1, 0.15) is 11.6 Å². The first-order valence-electron chi connectivity index (χ1n) is 7.93. The molecule has 5 nitrogen and oxygen atoms in total. The Bertz CT molecular complexity index is 1110. The summed E-state index contributed by atoms with van der Waals surface area (Å²) in [4.78, 5) is 25.1. The fourth-order valence-electron chi connectivity index (χ4n) is 2.60. The van der Waals surface area contributed by atoms with Gasteiger partial charge in [0.15, 0.2) is 5.65 Å². The molecule has 126 valence electrons. The topological polar surface area (TPSA) is 67.8 Å². The summed E-state index contributed by atoms with van der Waals surface area (Å²) in [5.74, 6) is -0.291. The van der Waals surface area contributed by atoms with Crippen molar-refractivity contribution in [2.45, 2.75) is 0 Å². The van der Waals surface area contributed by atoms with Gasteiger partial charge in [0.05, 0.1) is 5.56 Å². The molecule has 0 fully saturated rings. The first-order chi connectivity index (χ1) is 12.7. The third-order valence-corrected chi connectivity index (χ3v) is 3.86. The highest BCUT2D eigenvalue weighted by molar-refractivity contribution is 6.04. The van der Waals surface area contributed by atoms with Crippen molar-refractivity contribution in [3.63, 3.8) is 0 Å². The molecule has 4 rings (SSSR count). The van der Waals surface area contributed by atoms with Crippen molar-refractivity contribution in [3.8, 4) is 11.1 Å². The molecule has 0 spiro atoms. The van der Waals surface area contributed by atoms with Gasteiger partial charge in [-0.1, -0.05) is 12.1 Å². The van der Waals surface area contributed by atoms with Crippen LogP contribution in [0.15, 0.2) is 73.2 Å². The lowest BCUT2D eigenvalue weighted by Gasteiger charge is -2.07. The van der Waals surface area contributed by atoms with Gasteiger partial charge < -0.3 is 5.32 Å². The predicted octanol–water partition coefficient (Wildman–Crippen LogP) is 4.08. The molecule has 0 aliphatic carbocycles. The van der Waals surface area contributed by atoms with Gasteiger partial charge in [0.2, 0.25) is 0 Å². The van der Waals surface area contributed by atoms with E-state index in [4.69, 9.17) is 0 Å². The van der Waals surface area contributed by atoms with Crippen LogP contribution in [0.4, 0.5) is 10.2 Å². The smallest absolute Gasteiger partial charge is 0.258 e. The van der Waals surface area contributed by atoms with Crippen molar-refractivity contribution < 1.29 is 9.18 Å². The van der Waals surface area contributed by atoms with E-state index in [1.807, 2.05) is 18.2 Å². The molecule has 26 heavy (non-hydrogen) atoms. The van der Waals surface area contributed by atoms with Crippen LogP contribution in [0.25, 0.3) is 22.2 Å². The number of carbonyl (C=O) groups is 1.